The largest absolute Gasteiger partial charge is 0.507 e. The summed E-state index contributed by atoms with van der Waals surface area (Å²) in [5.41, 5.74) is 2.10. The summed E-state index contributed by atoms with van der Waals surface area (Å²) in [7, 11) is 0. The minimum absolute atomic E-state index is 0.0133. The molecule has 2 heterocycles. The van der Waals surface area contributed by atoms with Gasteiger partial charge in [0.15, 0.2) is 16.6 Å². The smallest absolute Gasteiger partial charge is 0.350 e. The van der Waals surface area contributed by atoms with Gasteiger partial charge in [-0.1, -0.05) is 73.2 Å². The summed E-state index contributed by atoms with van der Waals surface area (Å²) < 4.78 is 17.0. The van der Waals surface area contributed by atoms with Gasteiger partial charge in [0.25, 0.3) is 5.78 Å². The van der Waals surface area contributed by atoms with Gasteiger partial charge in [-0.3, -0.25) is 14.5 Å². The van der Waals surface area contributed by atoms with E-state index in [9.17, 15) is 19.5 Å². The monoisotopic (exact) mass is 590 g/mol. The molecule has 2 aromatic carbocycles. The Labute approximate surface area is 249 Å². The summed E-state index contributed by atoms with van der Waals surface area (Å²) in [6, 6.07) is 11.1. The first-order valence-electron chi connectivity index (χ1n) is 13.7. The van der Waals surface area contributed by atoms with Crippen LogP contribution in [-0.2, 0) is 14.3 Å². The number of aliphatic hydroxyl groups is 1. The van der Waals surface area contributed by atoms with Crippen LogP contribution >= 0.6 is 11.3 Å². The molecule has 1 aliphatic rings. The molecule has 0 radical (unpaired) electrons. The SMILES string of the molecule is C=CCOC(=O)c1sc(N2C(=O)C(=O)C(=C(O)c3ccc(C)cc3)C2c2ccc(OCCCC)c(OCC)c2)nc1C. The third kappa shape index (κ3) is 6.23. The molecule has 3 aromatic rings. The van der Waals surface area contributed by atoms with Gasteiger partial charge in [-0.05, 0) is 44.9 Å². The van der Waals surface area contributed by atoms with E-state index in [1.54, 1.807) is 49.4 Å². The van der Waals surface area contributed by atoms with E-state index in [2.05, 4.69) is 18.5 Å². The number of amides is 1. The van der Waals surface area contributed by atoms with Gasteiger partial charge in [-0.15, -0.1) is 0 Å². The number of esters is 1. The van der Waals surface area contributed by atoms with E-state index in [0.717, 1.165) is 29.7 Å². The van der Waals surface area contributed by atoms with E-state index < -0.39 is 23.7 Å². The number of hydrogen-bond donors (Lipinski definition) is 1. The molecule has 1 aromatic heterocycles. The molecular weight excluding hydrogens is 556 g/mol. The van der Waals surface area contributed by atoms with Gasteiger partial charge in [-0.25, -0.2) is 9.78 Å². The van der Waals surface area contributed by atoms with E-state index in [0.29, 0.717) is 41.5 Å². The molecule has 220 valence electrons. The van der Waals surface area contributed by atoms with E-state index >= 15 is 0 Å². The zero-order chi connectivity index (χ0) is 30.4. The van der Waals surface area contributed by atoms with Crippen LogP contribution in [0.5, 0.6) is 11.5 Å². The Morgan fingerprint density at radius 2 is 1.83 bits per heavy atom. The molecule has 1 N–H and O–H groups in total. The molecule has 1 unspecified atom stereocenters. The van der Waals surface area contributed by atoms with Crippen LogP contribution in [-0.4, -0.2) is 47.6 Å². The minimum Gasteiger partial charge on any atom is -0.507 e. The van der Waals surface area contributed by atoms with Crippen molar-refractivity contribution in [2.24, 2.45) is 0 Å². The Morgan fingerprint density at radius 1 is 1.10 bits per heavy atom. The third-order valence-electron chi connectivity index (χ3n) is 6.62. The lowest BCUT2D eigenvalue weighted by Crippen LogP contribution is -2.29. The Balaban J connectivity index is 1.89. The van der Waals surface area contributed by atoms with Crippen LogP contribution in [0.4, 0.5) is 5.13 Å². The molecule has 0 spiro atoms. The maximum atomic E-state index is 13.6. The van der Waals surface area contributed by atoms with Crippen LogP contribution < -0.4 is 14.4 Å². The number of anilines is 1. The normalized spacial score (nSPS) is 16.0. The number of ether oxygens (including phenoxy) is 3. The zero-order valence-electron chi connectivity index (χ0n) is 24.1. The van der Waals surface area contributed by atoms with E-state index in [4.69, 9.17) is 14.2 Å². The van der Waals surface area contributed by atoms with Gasteiger partial charge in [0, 0.05) is 5.56 Å². The summed E-state index contributed by atoms with van der Waals surface area (Å²) in [5, 5.41) is 11.6. The van der Waals surface area contributed by atoms with Crippen molar-refractivity contribution in [3.63, 3.8) is 0 Å². The fraction of sp³-hybridized carbons (Fsp3) is 0.312. The first kappa shape index (κ1) is 30.5. The van der Waals surface area contributed by atoms with Gasteiger partial charge in [0.1, 0.15) is 17.2 Å². The summed E-state index contributed by atoms with van der Waals surface area (Å²) in [5.74, 6) is -1.72. The van der Waals surface area contributed by atoms with Crippen LogP contribution in [0.15, 0.2) is 60.7 Å². The first-order chi connectivity index (χ1) is 20.2. The highest BCUT2D eigenvalue weighted by molar-refractivity contribution is 7.17. The van der Waals surface area contributed by atoms with E-state index in [1.807, 2.05) is 13.8 Å². The summed E-state index contributed by atoms with van der Waals surface area (Å²) in [6.45, 7) is 11.9. The number of Topliss-reactive ketones (excluding diaryl/α,β-unsaturated/α-hetero) is 1. The number of aliphatic hydroxyl groups excluding tert-OH is 1. The molecule has 4 rings (SSSR count). The number of carbonyl (C=O) groups is 3. The number of ketones is 1. The van der Waals surface area contributed by atoms with Gasteiger partial charge >= 0.3 is 11.9 Å². The lowest BCUT2D eigenvalue weighted by Gasteiger charge is -2.24. The molecule has 0 saturated carbocycles. The topological polar surface area (TPSA) is 115 Å². The lowest BCUT2D eigenvalue weighted by molar-refractivity contribution is -0.132. The molecule has 42 heavy (non-hydrogen) atoms. The highest BCUT2D eigenvalue weighted by Gasteiger charge is 2.48. The van der Waals surface area contributed by atoms with Crippen LogP contribution in [0.3, 0.4) is 0 Å². The van der Waals surface area contributed by atoms with Crippen LogP contribution in [0.25, 0.3) is 5.76 Å². The summed E-state index contributed by atoms with van der Waals surface area (Å²) in [6.07, 6.45) is 3.28. The van der Waals surface area contributed by atoms with Gasteiger partial charge in [0.05, 0.1) is 30.5 Å². The van der Waals surface area contributed by atoms with Crippen LogP contribution in [0.1, 0.15) is 64.8 Å². The third-order valence-corrected chi connectivity index (χ3v) is 7.75. The van der Waals surface area contributed by atoms with Gasteiger partial charge in [0.2, 0.25) is 0 Å². The van der Waals surface area contributed by atoms with Crippen molar-refractivity contribution in [1.29, 1.82) is 0 Å². The molecule has 1 atom stereocenters. The first-order valence-corrected chi connectivity index (χ1v) is 14.6. The summed E-state index contributed by atoms with van der Waals surface area (Å²) in [4.78, 5) is 45.7. The van der Waals surface area contributed by atoms with Gasteiger partial charge < -0.3 is 19.3 Å². The molecule has 0 aliphatic carbocycles. The van der Waals surface area contributed by atoms with Crippen molar-refractivity contribution in [2.75, 3.05) is 24.7 Å². The predicted molar refractivity (Wildman–Crippen MR) is 161 cm³/mol. The average Bonchev–Trinajstić information content (AvgIpc) is 3.49. The highest BCUT2D eigenvalue weighted by atomic mass is 32.1. The van der Waals surface area contributed by atoms with E-state index in [1.165, 1.54) is 11.0 Å². The second-order valence-electron chi connectivity index (χ2n) is 9.67. The number of thiazole rings is 1. The number of rotatable bonds is 12. The number of aryl methyl sites for hydroxylation is 2. The number of benzene rings is 2. The van der Waals surface area contributed by atoms with Crippen molar-refractivity contribution in [3.05, 3.63) is 88.0 Å². The van der Waals surface area contributed by atoms with Crippen molar-refractivity contribution in [3.8, 4) is 11.5 Å². The highest BCUT2D eigenvalue weighted by Crippen LogP contribution is 2.45. The molecule has 9 nitrogen and oxygen atoms in total. The lowest BCUT2D eigenvalue weighted by atomic mass is 9.95. The fourth-order valence-corrected chi connectivity index (χ4v) is 5.48. The number of unbranched alkanes of at least 4 members (excludes halogenated alkanes) is 1. The maximum absolute atomic E-state index is 13.6. The molecular formula is C32H34N2O7S. The average molecular weight is 591 g/mol. The van der Waals surface area contributed by atoms with Crippen LogP contribution in [0, 0.1) is 13.8 Å². The number of carbonyl (C=O) groups excluding carboxylic acids is 3. The molecule has 1 amide bonds. The van der Waals surface area contributed by atoms with Crippen molar-refractivity contribution in [2.45, 2.75) is 46.6 Å². The zero-order valence-corrected chi connectivity index (χ0v) is 25.0. The predicted octanol–water partition coefficient (Wildman–Crippen LogP) is 6.31. The fourth-order valence-electron chi connectivity index (χ4n) is 4.50. The van der Waals surface area contributed by atoms with Gasteiger partial charge in [-0.2, -0.15) is 0 Å². The summed E-state index contributed by atoms with van der Waals surface area (Å²) >= 11 is 0.935. The quantitative estimate of drug-likeness (QED) is 0.0652. The minimum atomic E-state index is -1.06. The Morgan fingerprint density at radius 3 is 2.50 bits per heavy atom. The van der Waals surface area contributed by atoms with Crippen molar-refractivity contribution < 1.29 is 33.7 Å². The maximum Gasteiger partial charge on any atom is 0.350 e. The Hall–Kier alpha value is -4.44. The molecule has 1 aliphatic heterocycles. The molecule has 1 fully saturated rings. The number of nitrogens with zero attached hydrogens (tertiary/aromatic N) is 2. The van der Waals surface area contributed by atoms with Crippen molar-refractivity contribution in [1.82, 2.24) is 4.98 Å². The van der Waals surface area contributed by atoms with Crippen LogP contribution in [0.2, 0.25) is 0 Å². The standard InChI is InChI=1S/C32H34N2O7S/c1-6-9-17-40-23-15-14-22(18-24(23)39-8-3)26-25(27(35)21-12-10-19(4)11-13-21)28(36)30(37)34(26)32-33-20(5)29(42-32)31(38)41-16-7-2/h7,10-15,18,26,35H,2,6,8-9,16-17H2,1,3-5H3. The Kier molecular flexibility index (Phi) is 9.80. The molecule has 0 bridgehead atoms. The van der Waals surface area contributed by atoms with E-state index in [-0.39, 0.29) is 27.9 Å². The molecule has 10 heteroatoms. The number of hydrogen-bond acceptors (Lipinski definition) is 9. The molecule has 1 saturated heterocycles. The Bertz CT molecular complexity index is 1520. The van der Waals surface area contributed by atoms with Crippen molar-refractivity contribution >= 4 is 39.9 Å². The number of aromatic nitrogens is 1. The second kappa shape index (κ2) is 13.5. The second-order valence-corrected chi connectivity index (χ2v) is 10.7.